The second-order valence-corrected chi connectivity index (χ2v) is 5.62. The smallest absolute Gasteiger partial charge is 0.410 e. The van der Waals surface area contributed by atoms with E-state index in [-0.39, 0.29) is 29.9 Å². The van der Waals surface area contributed by atoms with Gasteiger partial charge in [0.1, 0.15) is 5.60 Å². The van der Waals surface area contributed by atoms with Gasteiger partial charge >= 0.3 is 6.09 Å². The van der Waals surface area contributed by atoms with Gasteiger partial charge in [-0.3, -0.25) is 4.79 Å². The largest absolute Gasteiger partial charge is 0.444 e. The van der Waals surface area contributed by atoms with Crippen molar-refractivity contribution < 1.29 is 14.3 Å². The molecule has 1 saturated carbocycles. The number of carbonyl (C=O) groups excluding carboxylic acids is 2. The molecule has 3 fully saturated rings. The lowest BCUT2D eigenvalue weighted by Gasteiger charge is -2.34. The molecule has 0 spiro atoms. The number of hydrogen-bond acceptors (Lipinski definition) is 3. The van der Waals surface area contributed by atoms with Crippen LogP contribution in [0.3, 0.4) is 0 Å². The van der Waals surface area contributed by atoms with Gasteiger partial charge in [0.05, 0.1) is 5.92 Å². The van der Waals surface area contributed by atoms with Gasteiger partial charge in [0, 0.05) is 12.6 Å². The van der Waals surface area contributed by atoms with Crippen LogP contribution in [0.2, 0.25) is 0 Å². The SMILES string of the molecule is CC(C)(C)OC(=O)N1C[C@H]2C[C@@H]1[C@H]2C(N)=O. The van der Waals surface area contributed by atoms with Crippen molar-refractivity contribution in [2.75, 3.05) is 6.54 Å². The Morgan fingerprint density at radius 1 is 1.38 bits per heavy atom. The highest BCUT2D eigenvalue weighted by molar-refractivity contribution is 5.81. The van der Waals surface area contributed by atoms with Crippen molar-refractivity contribution in [3.05, 3.63) is 0 Å². The molecule has 0 aromatic heterocycles. The third kappa shape index (κ3) is 1.74. The molecule has 0 unspecified atom stereocenters. The number of primary amides is 1. The summed E-state index contributed by atoms with van der Waals surface area (Å²) in [6, 6.07) is -0.0302. The average Bonchev–Trinajstić information content (AvgIpc) is 2.53. The lowest BCUT2D eigenvalue weighted by atomic mass is 9.73. The van der Waals surface area contributed by atoms with Crippen molar-refractivity contribution in [1.29, 1.82) is 0 Å². The molecule has 16 heavy (non-hydrogen) atoms. The number of fused-ring (bicyclic) bond motifs is 1. The number of ether oxygens (including phenoxy) is 1. The maximum absolute atomic E-state index is 11.8. The highest BCUT2D eigenvalue weighted by atomic mass is 16.6. The number of nitrogens with zero attached hydrogens (tertiary/aromatic N) is 1. The molecule has 2 amide bonds. The maximum atomic E-state index is 11.8. The minimum atomic E-state index is -0.494. The van der Waals surface area contributed by atoms with E-state index >= 15 is 0 Å². The quantitative estimate of drug-likeness (QED) is 0.716. The zero-order chi connectivity index (χ0) is 12.1. The highest BCUT2D eigenvalue weighted by Gasteiger charge is 2.57. The summed E-state index contributed by atoms with van der Waals surface area (Å²) in [7, 11) is 0. The van der Waals surface area contributed by atoms with Crippen LogP contribution >= 0.6 is 0 Å². The number of nitrogens with two attached hydrogens (primary N) is 1. The predicted molar refractivity (Wildman–Crippen MR) is 57.5 cm³/mol. The molecule has 2 N–H and O–H groups in total. The third-order valence-corrected chi connectivity index (χ3v) is 3.25. The molecule has 90 valence electrons. The monoisotopic (exact) mass is 226 g/mol. The molecule has 5 nitrogen and oxygen atoms in total. The van der Waals surface area contributed by atoms with E-state index in [1.165, 1.54) is 0 Å². The van der Waals surface area contributed by atoms with Crippen molar-refractivity contribution in [3.8, 4) is 0 Å². The van der Waals surface area contributed by atoms with Crippen molar-refractivity contribution in [2.24, 2.45) is 17.6 Å². The Morgan fingerprint density at radius 2 is 2.00 bits per heavy atom. The Labute approximate surface area is 94.9 Å². The van der Waals surface area contributed by atoms with Crippen molar-refractivity contribution in [1.82, 2.24) is 4.90 Å². The Hall–Kier alpha value is -1.26. The molecular formula is C11H18N2O3. The summed E-state index contributed by atoms with van der Waals surface area (Å²) < 4.78 is 5.28. The van der Waals surface area contributed by atoms with E-state index < -0.39 is 5.60 Å². The first kappa shape index (κ1) is 11.2. The van der Waals surface area contributed by atoms with Crippen molar-refractivity contribution in [3.63, 3.8) is 0 Å². The fourth-order valence-electron chi connectivity index (χ4n) is 2.57. The van der Waals surface area contributed by atoms with Crippen molar-refractivity contribution >= 4 is 12.0 Å². The van der Waals surface area contributed by atoms with Crippen LogP contribution < -0.4 is 5.73 Å². The summed E-state index contributed by atoms with van der Waals surface area (Å²) >= 11 is 0. The summed E-state index contributed by atoms with van der Waals surface area (Å²) in [6.45, 7) is 6.10. The summed E-state index contributed by atoms with van der Waals surface area (Å²) in [6.07, 6.45) is 0.552. The van der Waals surface area contributed by atoms with Gasteiger partial charge < -0.3 is 15.4 Å². The summed E-state index contributed by atoms with van der Waals surface area (Å²) in [5.74, 6) is -0.213. The zero-order valence-corrected chi connectivity index (χ0v) is 9.90. The molecule has 3 atom stereocenters. The first-order valence-electron chi connectivity index (χ1n) is 5.58. The second-order valence-electron chi connectivity index (χ2n) is 5.62. The van der Waals surface area contributed by atoms with E-state index in [4.69, 9.17) is 10.5 Å². The molecule has 0 aromatic rings. The van der Waals surface area contributed by atoms with E-state index in [1.54, 1.807) is 4.90 Å². The van der Waals surface area contributed by atoms with Crippen LogP contribution in [-0.4, -0.2) is 35.1 Å². The van der Waals surface area contributed by atoms with Crippen LogP contribution in [0.4, 0.5) is 4.79 Å². The molecule has 2 bridgehead atoms. The number of amides is 2. The fourth-order valence-corrected chi connectivity index (χ4v) is 2.57. The average molecular weight is 226 g/mol. The number of rotatable bonds is 1. The van der Waals surface area contributed by atoms with E-state index in [2.05, 4.69) is 0 Å². The summed E-state index contributed by atoms with van der Waals surface area (Å²) in [5.41, 5.74) is 4.80. The third-order valence-electron chi connectivity index (χ3n) is 3.25. The Morgan fingerprint density at radius 3 is 2.44 bits per heavy atom. The lowest BCUT2D eigenvalue weighted by Crippen LogP contribution is -2.48. The van der Waals surface area contributed by atoms with Gasteiger partial charge in [-0.1, -0.05) is 0 Å². The van der Waals surface area contributed by atoms with Crippen LogP contribution in [0.1, 0.15) is 27.2 Å². The minimum Gasteiger partial charge on any atom is -0.444 e. The van der Waals surface area contributed by atoms with E-state index in [0.29, 0.717) is 6.54 Å². The van der Waals surface area contributed by atoms with Gasteiger partial charge in [-0.05, 0) is 33.1 Å². The molecule has 1 aliphatic carbocycles. The number of hydrogen-bond donors (Lipinski definition) is 1. The first-order valence-corrected chi connectivity index (χ1v) is 5.58. The molecule has 2 aliphatic heterocycles. The molecule has 5 heteroatoms. The van der Waals surface area contributed by atoms with Gasteiger partial charge in [-0.2, -0.15) is 0 Å². The van der Waals surface area contributed by atoms with E-state index in [1.807, 2.05) is 20.8 Å². The van der Waals surface area contributed by atoms with E-state index in [9.17, 15) is 9.59 Å². The van der Waals surface area contributed by atoms with Crippen LogP contribution in [0.15, 0.2) is 0 Å². The van der Waals surface area contributed by atoms with Crippen LogP contribution in [-0.2, 0) is 9.53 Å². The Kier molecular flexibility index (Phi) is 2.36. The normalized spacial score (nSPS) is 32.2. The van der Waals surface area contributed by atoms with Crippen LogP contribution in [0, 0.1) is 11.8 Å². The van der Waals surface area contributed by atoms with Gasteiger partial charge in [0.25, 0.3) is 0 Å². The predicted octanol–water partition coefficient (Wildman–Crippen LogP) is 0.727. The molecule has 3 rings (SSSR count). The number of carbonyl (C=O) groups is 2. The molecule has 0 aromatic carbocycles. The molecule has 2 heterocycles. The van der Waals surface area contributed by atoms with Crippen molar-refractivity contribution in [2.45, 2.75) is 38.8 Å². The van der Waals surface area contributed by atoms with Gasteiger partial charge in [0.2, 0.25) is 5.91 Å². The van der Waals surface area contributed by atoms with Gasteiger partial charge in [0.15, 0.2) is 0 Å². The molecule has 2 saturated heterocycles. The summed E-state index contributed by atoms with van der Waals surface area (Å²) in [5, 5.41) is 0. The molecule has 0 radical (unpaired) electrons. The van der Waals surface area contributed by atoms with E-state index in [0.717, 1.165) is 6.42 Å². The van der Waals surface area contributed by atoms with Gasteiger partial charge in [-0.15, -0.1) is 0 Å². The topological polar surface area (TPSA) is 72.6 Å². The second kappa shape index (κ2) is 3.37. The van der Waals surface area contributed by atoms with Gasteiger partial charge in [-0.25, -0.2) is 4.79 Å². The fraction of sp³-hybridized carbons (Fsp3) is 0.818. The lowest BCUT2D eigenvalue weighted by molar-refractivity contribution is -0.126. The molecule has 3 aliphatic rings. The highest BCUT2D eigenvalue weighted by Crippen LogP contribution is 2.46. The maximum Gasteiger partial charge on any atom is 0.410 e. The summed E-state index contributed by atoms with van der Waals surface area (Å²) in [4.78, 5) is 24.6. The minimum absolute atomic E-state index is 0.0302. The van der Waals surface area contributed by atoms with Crippen LogP contribution in [0.5, 0.6) is 0 Å². The molecular weight excluding hydrogens is 208 g/mol. The standard InChI is InChI=1S/C11H18N2O3/c1-11(2,3)16-10(15)13-5-6-4-7(13)8(6)9(12)14/h6-8H,4-5H2,1-3H3,(H2,12,14)/t6-,7-,8+/m1/s1. The Balaban J connectivity index is 1.99. The zero-order valence-electron chi connectivity index (χ0n) is 9.90. The first-order chi connectivity index (χ1) is 7.29. The Bertz CT molecular complexity index is 335. The van der Waals surface area contributed by atoms with Crippen LogP contribution in [0.25, 0.3) is 0 Å².